The Balaban J connectivity index is 1.48. The highest BCUT2D eigenvalue weighted by molar-refractivity contribution is 6.30. The third kappa shape index (κ3) is 4.35. The highest BCUT2D eigenvalue weighted by atomic mass is 35.5. The number of nitrogen functional groups attached to an aromatic ring is 1. The van der Waals surface area contributed by atoms with Gasteiger partial charge in [-0.2, -0.15) is 0 Å². The summed E-state index contributed by atoms with van der Waals surface area (Å²) in [4.78, 5) is 16.7. The predicted molar refractivity (Wildman–Crippen MR) is 116 cm³/mol. The molecular formula is C23H22ClN3O2. The largest absolute Gasteiger partial charge is 0.482 e. The molecule has 0 bridgehead atoms. The fourth-order valence-corrected chi connectivity index (χ4v) is 3.72. The van der Waals surface area contributed by atoms with E-state index in [-0.39, 0.29) is 17.8 Å². The van der Waals surface area contributed by atoms with E-state index < -0.39 is 0 Å². The van der Waals surface area contributed by atoms with E-state index in [1.165, 1.54) is 17.3 Å². The van der Waals surface area contributed by atoms with E-state index in [2.05, 4.69) is 16.4 Å². The number of hydrogen-bond acceptors (Lipinski definition) is 4. The van der Waals surface area contributed by atoms with Crippen LogP contribution in [0.5, 0.6) is 5.75 Å². The summed E-state index contributed by atoms with van der Waals surface area (Å²) in [5.41, 5.74) is 10.8. The first kappa shape index (κ1) is 19.3. The smallest absolute Gasteiger partial charge is 0.255 e. The Labute approximate surface area is 174 Å². The molecule has 2 aromatic carbocycles. The molecule has 4 rings (SSSR count). The van der Waals surface area contributed by atoms with Gasteiger partial charge in [0.2, 0.25) is 0 Å². The van der Waals surface area contributed by atoms with Crippen LogP contribution in [0.1, 0.15) is 46.5 Å². The summed E-state index contributed by atoms with van der Waals surface area (Å²) in [6.45, 7) is 1.90. The molecule has 3 N–H and O–H groups in total. The molecule has 1 aliphatic rings. The van der Waals surface area contributed by atoms with Crippen molar-refractivity contribution >= 4 is 29.0 Å². The second-order valence-corrected chi connectivity index (χ2v) is 7.65. The van der Waals surface area contributed by atoms with E-state index in [9.17, 15) is 4.79 Å². The third-order valence-corrected chi connectivity index (χ3v) is 5.33. The number of nitrogens with two attached hydrogens (primary N) is 1. The number of nitrogens with one attached hydrogen (secondary N) is 1. The Bertz CT molecular complexity index is 1070. The molecule has 6 heteroatoms. The number of nitrogens with zero attached hydrogens (tertiary/aromatic N) is 1. The number of carbonyl (C=O) groups excluding carboxylic acids is 1. The number of ether oxygens (including phenoxy) is 1. The number of halogens is 1. The summed E-state index contributed by atoms with van der Waals surface area (Å²) in [5.74, 6) is 0.591. The zero-order valence-corrected chi connectivity index (χ0v) is 16.9. The number of anilines is 2. The van der Waals surface area contributed by atoms with Gasteiger partial charge >= 0.3 is 0 Å². The molecule has 148 valence electrons. The molecule has 0 radical (unpaired) electrons. The van der Waals surface area contributed by atoms with Crippen LogP contribution in [0, 0.1) is 0 Å². The number of fused-ring (bicyclic) bond motifs is 1. The van der Waals surface area contributed by atoms with Crippen LogP contribution in [0.3, 0.4) is 0 Å². The minimum absolute atomic E-state index is 0.117. The van der Waals surface area contributed by atoms with Gasteiger partial charge in [-0.05, 0) is 67.1 Å². The van der Waals surface area contributed by atoms with Crippen LogP contribution in [0.4, 0.5) is 11.5 Å². The Kier molecular flexibility index (Phi) is 5.41. The van der Waals surface area contributed by atoms with E-state index >= 15 is 0 Å². The summed E-state index contributed by atoms with van der Waals surface area (Å²) in [5, 5.41) is 3.43. The number of aromatic nitrogens is 1. The Morgan fingerprint density at radius 1 is 1.17 bits per heavy atom. The first-order chi connectivity index (χ1) is 14.0. The first-order valence-electron chi connectivity index (χ1n) is 9.60. The van der Waals surface area contributed by atoms with Gasteiger partial charge in [0.05, 0.1) is 5.02 Å². The highest BCUT2D eigenvalue weighted by Crippen LogP contribution is 2.29. The lowest BCUT2D eigenvalue weighted by Crippen LogP contribution is -2.13. The lowest BCUT2D eigenvalue weighted by atomic mass is 10.1. The summed E-state index contributed by atoms with van der Waals surface area (Å²) in [6.07, 6.45) is 4.48. The minimum Gasteiger partial charge on any atom is -0.482 e. The van der Waals surface area contributed by atoms with Gasteiger partial charge in [-0.1, -0.05) is 29.8 Å². The Morgan fingerprint density at radius 2 is 2.00 bits per heavy atom. The Hall–Kier alpha value is -3.05. The molecule has 0 unspecified atom stereocenters. The molecule has 1 heterocycles. The zero-order chi connectivity index (χ0) is 20.4. The number of carbonyl (C=O) groups is 1. The predicted octanol–water partition coefficient (Wildman–Crippen LogP) is 5.20. The molecule has 0 saturated carbocycles. The highest BCUT2D eigenvalue weighted by Gasteiger charge is 2.15. The van der Waals surface area contributed by atoms with Crippen molar-refractivity contribution < 1.29 is 9.53 Å². The van der Waals surface area contributed by atoms with Crippen LogP contribution >= 0.6 is 11.6 Å². The number of hydrogen-bond donors (Lipinski definition) is 2. The van der Waals surface area contributed by atoms with Crippen molar-refractivity contribution in [3.8, 4) is 5.75 Å². The van der Waals surface area contributed by atoms with Gasteiger partial charge in [-0.25, -0.2) is 4.98 Å². The van der Waals surface area contributed by atoms with Gasteiger partial charge in [0.1, 0.15) is 6.10 Å². The number of amides is 1. The second kappa shape index (κ2) is 8.13. The maximum Gasteiger partial charge on any atom is 0.255 e. The van der Waals surface area contributed by atoms with Crippen molar-refractivity contribution in [2.75, 3.05) is 11.1 Å². The first-order valence-corrected chi connectivity index (χ1v) is 9.98. The van der Waals surface area contributed by atoms with Crippen LogP contribution in [0.25, 0.3) is 0 Å². The normalized spacial score (nSPS) is 13.6. The van der Waals surface area contributed by atoms with Crippen LogP contribution in [-0.4, -0.2) is 10.9 Å². The van der Waals surface area contributed by atoms with E-state index in [0.29, 0.717) is 22.0 Å². The summed E-state index contributed by atoms with van der Waals surface area (Å²) in [6, 6.07) is 15.2. The van der Waals surface area contributed by atoms with E-state index in [1.54, 1.807) is 6.07 Å². The maximum atomic E-state index is 12.7. The molecule has 1 aromatic heterocycles. The van der Waals surface area contributed by atoms with Crippen LogP contribution in [0.15, 0.2) is 54.7 Å². The molecule has 0 spiro atoms. The average Bonchev–Trinajstić information content (AvgIpc) is 3.18. The van der Waals surface area contributed by atoms with E-state index in [0.717, 1.165) is 24.8 Å². The molecule has 1 amide bonds. The van der Waals surface area contributed by atoms with Crippen molar-refractivity contribution in [3.63, 3.8) is 0 Å². The van der Waals surface area contributed by atoms with E-state index in [4.69, 9.17) is 22.1 Å². The molecule has 1 aliphatic carbocycles. The summed E-state index contributed by atoms with van der Waals surface area (Å²) >= 11 is 5.98. The van der Waals surface area contributed by atoms with Crippen molar-refractivity contribution in [1.82, 2.24) is 4.98 Å². The maximum absolute atomic E-state index is 12.7. The fourth-order valence-electron chi connectivity index (χ4n) is 3.57. The molecule has 1 atom stereocenters. The van der Waals surface area contributed by atoms with Crippen LogP contribution in [-0.2, 0) is 12.8 Å². The van der Waals surface area contributed by atoms with Crippen molar-refractivity contribution in [3.05, 3.63) is 82.0 Å². The Morgan fingerprint density at radius 3 is 2.86 bits per heavy atom. The van der Waals surface area contributed by atoms with Crippen molar-refractivity contribution in [1.29, 1.82) is 0 Å². The zero-order valence-electron chi connectivity index (χ0n) is 16.1. The molecule has 0 aliphatic heterocycles. The summed E-state index contributed by atoms with van der Waals surface area (Å²) < 4.78 is 5.92. The number of benzene rings is 2. The third-order valence-electron chi connectivity index (χ3n) is 5.13. The molecule has 3 aromatic rings. The molecule has 0 saturated heterocycles. The van der Waals surface area contributed by atoms with Crippen LogP contribution < -0.4 is 15.8 Å². The second-order valence-electron chi connectivity index (χ2n) is 7.21. The molecule has 5 nitrogen and oxygen atoms in total. The number of pyridine rings is 1. The molecule has 29 heavy (non-hydrogen) atoms. The quantitative estimate of drug-likeness (QED) is 0.609. The molecular weight excluding hydrogens is 386 g/mol. The minimum atomic E-state index is -0.297. The van der Waals surface area contributed by atoms with Crippen molar-refractivity contribution in [2.45, 2.75) is 32.3 Å². The SMILES string of the molecule is C[C@@H](Oc1cc(Cl)cnc1N)c1cccc(NC(=O)c2ccc3c(c2)CCC3)c1. The van der Waals surface area contributed by atoms with Gasteiger partial charge in [-0.15, -0.1) is 0 Å². The average molecular weight is 408 g/mol. The standard InChI is InChI=1S/C23H22ClN3O2/c1-14(29-21-12-19(24)13-26-22(21)25)16-5-3-7-20(11-16)27-23(28)18-9-8-15-4-2-6-17(15)10-18/h3,5,7-14H,2,4,6H2,1H3,(H2,25,26)(H,27,28)/t14-/m1/s1. The van der Waals surface area contributed by atoms with Crippen LogP contribution in [0.2, 0.25) is 5.02 Å². The lowest BCUT2D eigenvalue weighted by molar-refractivity contribution is 0.102. The van der Waals surface area contributed by atoms with E-state index in [1.807, 2.05) is 43.3 Å². The number of aryl methyl sites for hydroxylation is 2. The fraction of sp³-hybridized carbons (Fsp3) is 0.217. The lowest BCUT2D eigenvalue weighted by Gasteiger charge is -2.17. The summed E-state index contributed by atoms with van der Waals surface area (Å²) in [7, 11) is 0. The van der Waals surface area contributed by atoms with Gasteiger partial charge in [0, 0.05) is 23.5 Å². The topological polar surface area (TPSA) is 77.2 Å². The van der Waals surface area contributed by atoms with Gasteiger partial charge in [0.15, 0.2) is 11.6 Å². The van der Waals surface area contributed by atoms with Gasteiger partial charge in [-0.3, -0.25) is 4.79 Å². The van der Waals surface area contributed by atoms with Gasteiger partial charge < -0.3 is 15.8 Å². The van der Waals surface area contributed by atoms with Crippen molar-refractivity contribution in [2.24, 2.45) is 0 Å². The van der Waals surface area contributed by atoms with Gasteiger partial charge in [0.25, 0.3) is 5.91 Å². The monoisotopic (exact) mass is 407 g/mol. The number of rotatable bonds is 5. The molecule has 0 fully saturated rings.